The van der Waals surface area contributed by atoms with Crippen LogP contribution in [-0.2, 0) is 5.75 Å². The molecule has 0 aliphatic rings. The van der Waals surface area contributed by atoms with E-state index in [0.29, 0.717) is 11.6 Å². The van der Waals surface area contributed by atoms with E-state index >= 15 is 0 Å². The van der Waals surface area contributed by atoms with Crippen LogP contribution < -0.4 is 0 Å². The number of aromatic carboxylic acids is 1. The van der Waals surface area contributed by atoms with Gasteiger partial charge in [-0.05, 0) is 37.6 Å². The summed E-state index contributed by atoms with van der Waals surface area (Å²) in [7, 11) is 0. The number of benzene rings is 1. The predicted molar refractivity (Wildman–Crippen MR) is 80.2 cm³/mol. The number of hydrogen-bond donors (Lipinski definition) is 1. The van der Waals surface area contributed by atoms with Crippen LogP contribution >= 0.6 is 11.8 Å². The number of carbonyl (C=O) groups is 1. The Morgan fingerprint density at radius 2 is 2.25 bits per heavy atom. The highest BCUT2D eigenvalue weighted by molar-refractivity contribution is 7.98. The third kappa shape index (κ3) is 3.63. The van der Waals surface area contributed by atoms with Gasteiger partial charge >= 0.3 is 5.97 Å². The zero-order valence-electron chi connectivity index (χ0n) is 11.6. The first-order valence-corrected chi connectivity index (χ1v) is 7.59. The standard InChI is InChI=1S/C15H18N2O2S/c1-3-11(2)17-8-7-13(16-17)10-20-14-6-4-5-12(9-14)15(18)19/h4-9,11H,3,10H2,1-2H3,(H,18,19). The lowest BCUT2D eigenvalue weighted by atomic mass is 10.2. The average Bonchev–Trinajstić information content (AvgIpc) is 2.93. The van der Waals surface area contributed by atoms with Gasteiger partial charge in [-0.25, -0.2) is 4.79 Å². The molecule has 0 amide bonds. The van der Waals surface area contributed by atoms with Crippen LogP contribution in [0.4, 0.5) is 0 Å². The Morgan fingerprint density at radius 1 is 1.45 bits per heavy atom. The van der Waals surface area contributed by atoms with Crippen LogP contribution in [0.1, 0.15) is 42.4 Å². The molecule has 1 heterocycles. The lowest BCUT2D eigenvalue weighted by molar-refractivity contribution is 0.0696. The van der Waals surface area contributed by atoms with Crippen LogP contribution in [0.15, 0.2) is 41.4 Å². The molecule has 2 aromatic rings. The van der Waals surface area contributed by atoms with Crippen molar-refractivity contribution in [1.82, 2.24) is 9.78 Å². The molecule has 106 valence electrons. The summed E-state index contributed by atoms with van der Waals surface area (Å²) in [6.45, 7) is 4.28. The summed E-state index contributed by atoms with van der Waals surface area (Å²) in [5.41, 5.74) is 1.33. The molecule has 5 heteroatoms. The molecule has 0 spiro atoms. The summed E-state index contributed by atoms with van der Waals surface area (Å²) < 4.78 is 1.98. The lowest BCUT2D eigenvalue weighted by Crippen LogP contribution is -2.04. The second-order valence-electron chi connectivity index (χ2n) is 4.67. The minimum atomic E-state index is -0.895. The summed E-state index contributed by atoms with van der Waals surface area (Å²) >= 11 is 1.60. The van der Waals surface area contributed by atoms with Crippen LogP contribution in [0.3, 0.4) is 0 Å². The number of rotatable bonds is 6. The van der Waals surface area contributed by atoms with E-state index in [1.165, 1.54) is 0 Å². The first kappa shape index (κ1) is 14.7. The molecule has 1 unspecified atom stereocenters. The van der Waals surface area contributed by atoms with Crippen LogP contribution in [0.2, 0.25) is 0 Å². The van der Waals surface area contributed by atoms with Crippen molar-refractivity contribution in [3.8, 4) is 0 Å². The van der Waals surface area contributed by atoms with E-state index in [2.05, 4.69) is 18.9 Å². The smallest absolute Gasteiger partial charge is 0.335 e. The zero-order valence-corrected chi connectivity index (χ0v) is 12.4. The number of aromatic nitrogens is 2. The monoisotopic (exact) mass is 290 g/mol. The van der Waals surface area contributed by atoms with E-state index < -0.39 is 5.97 Å². The Balaban J connectivity index is 2.00. The van der Waals surface area contributed by atoms with Crippen molar-refractivity contribution in [3.63, 3.8) is 0 Å². The van der Waals surface area contributed by atoms with Crippen molar-refractivity contribution in [2.45, 2.75) is 37.0 Å². The molecule has 0 radical (unpaired) electrons. The van der Waals surface area contributed by atoms with Crippen molar-refractivity contribution in [1.29, 1.82) is 0 Å². The van der Waals surface area contributed by atoms with E-state index in [1.54, 1.807) is 30.0 Å². The largest absolute Gasteiger partial charge is 0.478 e. The zero-order chi connectivity index (χ0) is 14.5. The lowest BCUT2D eigenvalue weighted by Gasteiger charge is -2.08. The summed E-state index contributed by atoms with van der Waals surface area (Å²) in [6.07, 6.45) is 3.05. The van der Waals surface area contributed by atoms with Crippen molar-refractivity contribution < 1.29 is 9.90 Å². The number of hydrogen-bond acceptors (Lipinski definition) is 3. The normalized spacial score (nSPS) is 12.3. The van der Waals surface area contributed by atoms with Crippen LogP contribution in [0.25, 0.3) is 0 Å². The minimum absolute atomic E-state index is 0.320. The van der Waals surface area contributed by atoms with Gasteiger partial charge in [-0.1, -0.05) is 13.0 Å². The van der Waals surface area contributed by atoms with E-state index in [4.69, 9.17) is 5.11 Å². The van der Waals surface area contributed by atoms with E-state index in [0.717, 1.165) is 22.8 Å². The Hall–Kier alpha value is -1.75. The highest BCUT2D eigenvalue weighted by Gasteiger charge is 2.07. The van der Waals surface area contributed by atoms with E-state index in [1.807, 2.05) is 23.0 Å². The van der Waals surface area contributed by atoms with Crippen molar-refractivity contribution in [2.75, 3.05) is 0 Å². The van der Waals surface area contributed by atoms with Gasteiger partial charge in [0.05, 0.1) is 11.3 Å². The Bertz CT molecular complexity index is 595. The molecular formula is C15H18N2O2S. The van der Waals surface area contributed by atoms with Crippen molar-refractivity contribution >= 4 is 17.7 Å². The van der Waals surface area contributed by atoms with Gasteiger partial charge in [-0.15, -0.1) is 11.8 Å². The van der Waals surface area contributed by atoms with Crippen molar-refractivity contribution in [3.05, 3.63) is 47.8 Å². The van der Waals surface area contributed by atoms with E-state index in [-0.39, 0.29) is 0 Å². The van der Waals surface area contributed by atoms with Gasteiger partial charge in [-0.2, -0.15) is 5.10 Å². The second kappa shape index (κ2) is 6.61. The SMILES string of the molecule is CCC(C)n1ccc(CSc2cccc(C(=O)O)c2)n1. The molecule has 1 aromatic heterocycles. The fraction of sp³-hybridized carbons (Fsp3) is 0.333. The molecule has 4 nitrogen and oxygen atoms in total. The maximum absolute atomic E-state index is 10.9. The molecular weight excluding hydrogens is 272 g/mol. The first-order chi connectivity index (χ1) is 9.60. The molecule has 1 atom stereocenters. The molecule has 2 rings (SSSR count). The second-order valence-corrected chi connectivity index (χ2v) is 5.71. The third-order valence-electron chi connectivity index (χ3n) is 3.17. The molecule has 20 heavy (non-hydrogen) atoms. The quantitative estimate of drug-likeness (QED) is 0.821. The number of thioether (sulfide) groups is 1. The topological polar surface area (TPSA) is 55.1 Å². The molecule has 1 aromatic carbocycles. The molecule has 0 bridgehead atoms. The Labute approximate surface area is 122 Å². The third-order valence-corrected chi connectivity index (χ3v) is 4.20. The number of nitrogens with zero attached hydrogens (tertiary/aromatic N) is 2. The van der Waals surface area contributed by atoms with Gasteiger partial charge in [0.1, 0.15) is 0 Å². The fourth-order valence-corrected chi connectivity index (χ4v) is 2.62. The van der Waals surface area contributed by atoms with Gasteiger partial charge in [0.25, 0.3) is 0 Å². The maximum Gasteiger partial charge on any atom is 0.335 e. The number of carboxylic acids is 1. The summed E-state index contributed by atoms with van der Waals surface area (Å²) in [4.78, 5) is 11.9. The molecule has 0 saturated carbocycles. The molecule has 0 saturated heterocycles. The summed E-state index contributed by atoms with van der Waals surface area (Å²) in [5.74, 6) is -0.152. The first-order valence-electron chi connectivity index (χ1n) is 6.60. The van der Waals surface area contributed by atoms with Gasteiger partial charge in [0.15, 0.2) is 0 Å². The van der Waals surface area contributed by atoms with Crippen LogP contribution in [0, 0.1) is 0 Å². The van der Waals surface area contributed by atoms with Gasteiger partial charge in [0.2, 0.25) is 0 Å². The fourth-order valence-electron chi connectivity index (χ4n) is 1.76. The molecule has 0 aliphatic heterocycles. The molecule has 0 fully saturated rings. The Kier molecular flexibility index (Phi) is 4.84. The average molecular weight is 290 g/mol. The maximum atomic E-state index is 10.9. The molecule has 0 aliphatic carbocycles. The number of carboxylic acid groups (broad SMARTS) is 1. The summed E-state index contributed by atoms with van der Waals surface area (Å²) in [5, 5.41) is 13.5. The highest BCUT2D eigenvalue weighted by Crippen LogP contribution is 2.23. The highest BCUT2D eigenvalue weighted by atomic mass is 32.2. The van der Waals surface area contributed by atoms with Crippen LogP contribution in [-0.4, -0.2) is 20.9 Å². The van der Waals surface area contributed by atoms with Crippen LogP contribution in [0.5, 0.6) is 0 Å². The predicted octanol–water partition coefficient (Wildman–Crippen LogP) is 3.84. The van der Waals surface area contributed by atoms with Gasteiger partial charge in [-0.3, -0.25) is 4.68 Å². The summed E-state index contributed by atoms with van der Waals surface area (Å²) in [6, 6.07) is 9.40. The van der Waals surface area contributed by atoms with Gasteiger partial charge in [0, 0.05) is 22.9 Å². The van der Waals surface area contributed by atoms with E-state index in [9.17, 15) is 4.79 Å². The van der Waals surface area contributed by atoms with Crippen molar-refractivity contribution in [2.24, 2.45) is 0 Å². The molecule has 1 N–H and O–H groups in total. The van der Waals surface area contributed by atoms with Gasteiger partial charge < -0.3 is 5.11 Å². The Morgan fingerprint density at radius 3 is 2.95 bits per heavy atom. The minimum Gasteiger partial charge on any atom is -0.478 e.